The third-order valence-electron chi connectivity index (χ3n) is 16.2. The van der Waals surface area contributed by atoms with Gasteiger partial charge in [-0.25, -0.2) is 0 Å². The van der Waals surface area contributed by atoms with Crippen molar-refractivity contribution in [2.24, 2.45) is 0 Å². The van der Waals surface area contributed by atoms with Crippen LogP contribution in [-0.4, -0.2) is 0 Å². The van der Waals surface area contributed by atoms with E-state index in [0.29, 0.717) is 11.8 Å². The molecule has 0 unspecified atom stereocenters. The van der Waals surface area contributed by atoms with Crippen LogP contribution < -0.4 is 9.80 Å². The molecule has 0 fully saturated rings. The quantitative estimate of drug-likeness (QED) is 0.165. The van der Waals surface area contributed by atoms with Crippen molar-refractivity contribution in [2.45, 2.75) is 46.5 Å². The zero-order valence-electron chi connectivity index (χ0n) is 42.1. The minimum atomic E-state index is 0.326. The molecule has 5 heterocycles. The van der Waals surface area contributed by atoms with E-state index in [1.165, 1.54) is 27.6 Å². The fourth-order valence-corrected chi connectivity index (χ4v) is 12.6. The molecule has 6 heteroatoms. The molecule has 0 saturated heterocycles. The third-order valence-corrected chi connectivity index (χ3v) is 16.2. The van der Waals surface area contributed by atoms with Crippen LogP contribution in [0.2, 0.25) is 0 Å². The molecule has 75 heavy (non-hydrogen) atoms. The van der Waals surface area contributed by atoms with E-state index in [4.69, 9.17) is 17.7 Å². The van der Waals surface area contributed by atoms with Gasteiger partial charge in [0, 0.05) is 65.7 Å². The van der Waals surface area contributed by atoms with Crippen LogP contribution in [0.25, 0.3) is 120 Å². The number of furan rings is 4. The molecule has 0 radical (unpaired) electrons. The number of rotatable bonds is 6. The first-order valence-electron chi connectivity index (χ1n) is 26.1. The standard InChI is InChI=1S/C69H48N2O4/c1-37(2)45-16-10-18-48-50-20-12-24-60(66(50)74-64(45)48)70(58-22-8-6-14-39(58)5)43-27-26-40-32-56-52-28-29-53-57-36-54-42(34-63(57)73-69(53)68(52)72-62(56)33-41(40)30-43)31-44-35-55(54)47-15-7-9-23-59(47)71(44)61-25-13-21-51-49-19-11-17-46(38(3)4)65(49)75-67(51)61/h6-38H,1-5H3. The zero-order valence-corrected chi connectivity index (χ0v) is 42.1. The summed E-state index contributed by atoms with van der Waals surface area (Å²) >= 11 is 0. The fourth-order valence-electron chi connectivity index (χ4n) is 12.6. The first-order valence-corrected chi connectivity index (χ1v) is 26.1. The molecule has 1 aliphatic rings. The molecular formula is C69H48N2O4. The van der Waals surface area contributed by atoms with Gasteiger partial charge in [0.25, 0.3) is 0 Å². The predicted octanol–water partition coefficient (Wildman–Crippen LogP) is 21.1. The maximum absolute atomic E-state index is 6.93. The van der Waals surface area contributed by atoms with Crippen LogP contribution in [0.4, 0.5) is 34.1 Å². The average Bonchev–Trinajstić information content (AvgIpc) is 4.20. The first-order chi connectivity index (χ1) is 36.7. The summed E-state index contributed by atoms with van der Waals surface area (Å²) in [5.74, 6) is 0.661. The second-order valence-corrected chi connectivity index (χ2v) is 21.2. The Kier molecular flexibility index (Phi) is 8.67. The SMILES string of the molecule is Cc1ccccc1N(c1ccc2cc3c(cc2c1)oc1c3ccc2c3cc4c5cc(cc4cc3oc21)N(c1cccc2c1oc1c(C(C)C)cccc12)c1ccccc1-5)c1cccc2c1oc1c(C(C)C)cccc12. The Morgan fingerprint density at radius 3 is 1.65 bits per heavy atom. The second-order valence-electron chi connectivity index (χ2n) is 21.2. The maximum atomic E-state index is 6.93. The lowest BCUT2D eigenvalue weighted by Gasteiger charge is -2.32. The molecule has 4 aromatic heterocycles. The average molecular weight is 969 g/mol. The molecule has 0 N–H and O–H groups in total. The van der Waals surface area contributed by atoms with Gasteiger partial charge in [-0.1, -0.05) is 131 Å². The molecule has 16 rings (SSSR count). The van der Waals surface area contributed by atoms with E-state index in [-0.39, 0.29) is 0 Å². The smallest absolute Gasteiger partial charge is 0.178 e. The topological polar surface area (TPSA) is 59.0 Å². The number of hydrogen-bond acceptors (Lipinski definition) is 6. The number of anilines is 6. The van der Waals surface area contributed by atoms with Crippen molar-refractivity contribution in [2.75, 3.05) is 9.80 Å². The summed E-state index contributed by atoms with van der Waals surface area (Å²) in [6.07, 6.45) is 0. The second kappa shape index (κ2) is 15.4. The van der Waals surface area contributed by atoms with Gasteiger partial charge in [-0.3, -0.25) is 0 Å². The van der Waals surface area contributed by atoms with Gasteiger partial charge >= 0.3 is 0 Å². The normalized spacial score (nSPS) is 12.8. The molecule has 0 spiro atoms. The summed E-state index contributed by atoms with van der Waals surface area (Å²) in [4.78, 5) is 4.70. The monoisotopic (exact) mass is 968 g/mol. The summed E-state index contributed by atoms with van der Waals surface area (Å²) in [5.41, 5.74) is 19.1. The molecule has 1 aliphatic heterocycles. The summed E-state index contributed by atoms with van der Waals surface area (Å²) in [6, 6.07) is 68.0. The lowest BCUT2D eigenvalue weighted by molar-refractivity contribution is 0.634. The summed E-state index contributed by atoms with van der Waals surface area (Å²) in [5, 5.41) is 13.1. The molecule has 0 saturated carbocycles. The molecule has 358 valence electrons. The number of aryl methyl sites for hydroxylation is 1. The predicted molar refractivity (Wildman–Crippen MR) is 312 cm³/mol. The molecule has 11 aromatic carbocycles. The van der Waals surface area contributed by atoms with Crippen LogP contribution in [0, 0.1) is 6.92 Å². The Balaban J connectivity index is 0.840. The van der Waals surface area contributed by atoms with Gasteiger partial charge in [-0.05, 0) is 147 Å². The molecular weight excluding hydrogens is 921 g/mol. The first kappa shape index (κ1) is 42.3. The Labute approximate surface area is 431 Å². The largest absolute Gasteiger partial charge is 0.454 e. The van der Waals surface area contributed by atoms with Crippen LogP contribution >= 0.6 is 0 Å². The van der Waals surface area contributed by atoms with E-state index in [2.05, 4.69) is 232 Å². The molecule has 0 amide bonds. The summed E-state index contributed by atoms with van der Waals surface area (Å²) in [6.45, 7) is 11.1. The van der Waals surface area contributed by atoms with Gasteiger partial charge < -0.3 is 27.5 Å². The number of hydrogen-bond donors (Lipinski definition) is 0. The van der Waals surface area contributed by atoms with Crippen LogP contribution in [-0.2, 0) is 0 Å². The number of para-hydroxylation sites is 6. The molecule has 0 aliphatic carbocycles. The number of nitrogens with zero attached hydrogens (tertiary/aromatic N) is 2. The zero-order chi connectivity index (χ0) is 50.0. The highest BCUT2D eigenvalue weighted by Crippen LogP contribution is 2.53. The van der Waals surface area contributed by atoms with Crippen LogP contribution in [0.5, 0.6) is 0 Å². The third kappa shape index (κ3) is 5.96. The van der Waals surface area contributed by atoms with Crippen molar-refractivity contribution >= 4 is 143 Å². The number of fused-ring (bicyclic) bond motifs is 20. The van der Waals surface area contributed by atoms with E-state index in [0.717, 1.165) is 144 Å². The molecule has 15 aromatic rings. The Morgan fingerprint density at radius 1 is 0.360 bits per heavy atom. The lowest BCUT2D eigenvalue weighted by atomic mass is 9.90. The van der Waals surface area contributed by atoms with Gasteiger partial charge in [-0.2, -0.15) is 0 Å². The highest BCUT2D eigenvalue weighted by Gasteiger charge is 2.29. The highest BCUT2D eigenvalue weighted by molar-refractivity contribution is 6.23. The minimum Gasteiger partial charge on any atom is -0.454 e. The van der Waals surface area contributed by atoms with Gasteiger partial charge in [0.15, 0.2) is 22.3 Å². The minimum absolute atomic E-state index is 0.326. The van der Waals surface area contributed by atoms with E-state index >= 15 is 0 Å². The van der Waals surface area contributed by atoms with E-state index in [1.807, 2.05) is 0 Å². The van der Waals surface area contributed by atoms with Crippen LogP contribution in [0.15, 0.2) is 206 Å². The van der Waals surface area contributed by atoms with Crippen molar-refractivity contribution in [1.82, 2.24) is 0 Å². The van der Waals surface area contributed by atoms with Gasteiger partial charge in [0.2, 0.25) is 0 Å². The Bertz CT molecular complexity index is 4940. The summed E-state index contributed by atoms with van der Waals surface area (Å²) < 4.78 is 27.7. The van der Waals surface area contributed by atoms with Crippen molar-refractivity contribution < 1.29 is 17.7 Å². The molecule has 6 nitrogen and oxygen atoms in total. The summed E-state index contributed by atoms with van der Waals surface area (Å²) in [7, 11) is 0. The molecule has 0 atom stereocenters. The van der Waals surface area contributed by atoms with Crippen molar-refractivity contribution in [3.05, 3.63) is 205 Å². The fraction of sp³-hybridized carbons (Fsp3) is 0.101. The van der Waals surface area contributed by atoms with Crippen molar-refractivity contribution in [1.29, 1.82) is 0 Å². The maximum Gasteiger partial charge on any atom is 0.178 e. The van der Waals surface area contributed by atoms with E-state index in [9.17, 15) is 0 Å². The molecule has 2 bridgehead atoms. The van der Waals surface area contributed by atoms with Crippen molar-refractivity contribution in [3.63, 3.8) is 0 Å². The van der Waals surface area contributed by atoms with Crippen molar-refractivity contribution in [3.8, 4) is 11.1 Å². The Morgan fingerprint density at radius 2 is 0.933 bits per heavy atom. The Hall–Kier alpha value is -9.26. The van der Waals surface area contributed by atoms with Crippen LogP contribution in [0.1, 0.15) is 56.2 Å². The number of benzene rings is 11. The van der Waals surface area contributed by atoms with Gasteiger partial charge in [-0.15, -0.1) is 0 Å². The van der Waals surface area contributed by atoms with E-state index in [1.54, 1.807) is 0 Å². The van der Waals surface area contributed by atoms with E-state index < -0.39 is 0 Å². The lowest BCUT2D eigenvalue weighted by Crippen LogP contribution is -2.14. The van der Waals surface area contributed by atoms with Gasteiger partial charge in [0.1, 0.15) is 22.3 Å². The van der Waals surface area contributed by atoms with Crippen LogP contribution in [0.3, 0.4) is 0 Å². The highest BCUT2D eigenvalue weighted by atomic mass is 16.4. The van der Waals surface area contributed by atoms with Gasteiger partial charge in [0.05, 0.1) is 17.1 Å².